The minimum Gasteiger partial charge on any atom is -0.457 e. The van der Waals surface area contributed by atoms with E-state index in [2.05, 4.69) is 35.7 Å². The molecule has 1 aliphatic heterocycles. The molecule has 5 aromatic rings. The standard InChI is InChI=1S/C28H30N10O3/c1-17-11-18(5-6-22(17)40-20-8-10-38-23(12-20)31-16-33-38)34-25-24-21(30-15-32-25)13-29-26(36-24)35-19-7-9-37(14-19)27(39)41-28(2,3)4/h5-6,8,10-13,15-16,19H,7,9,14H2,1-4H3,(H,29,35,36)(H,30,32,34)/t19-/m1/s1. The summed E-state index contributed by atoms with van der Waals surface area (Å²) < 4.78 is 13.3. The average Bonchev–Trinajstić information content (AvgIpc) is 3.59. The van der Waals surface area contributed by atoms with Gasteiger partial charge in [0.25, 0.3) is 0 Å². The predicted molar refractivity (Wildman–Crippen MR) is 152 cm³/mol. The van der Waals surface area contributed by atoms with Crippen molar-refractivity contribution in [2.75, 3.05) is 23.7 Å². The van der Waals surface area contributed by atoms with Crippen LogP contribution in [0.2, 0.25) is 0 Å². The van der Waals surface area contributed by atoms with E-state index in [0.29, 0.717) is 47.3 Å². The Hall–Kier alpha value is -5.07. The van der Waals surface area contributed by atoms with Crippen LogP contribution in [0.15, 0.2) is 55.4 Å². The summed E-state index contributed by atoms with van der Waals surface area (Å²) in [4.78, 5) is 36.2. The molecule has 1 aromatic carbocycles. The topological polar surface area (TPSA) is 145 Å². The number of nitrogens with zero attached hydrogens (tertiary/aromatic N) is 8. The third-order valence-electron chi connectivity index (χ3n) is 6.47. The molecule has 0 unspecified atom stereocenters. The first-order valence-corrected chi connectivity index (χ1v) is 13.3. The third-order valence-corrected chi connectivity index (χ3v) is 6.47. The van der Waals surface area contributed by atoms with Gasteiger partial charge < -0.3 is 25.0 Å². The van der Waals surface area contributed by atoms with E-state index in [0.717, 1.165) is 23.4 Å². The van der Waals surface area contributed by atoms with Crippen molar-refractivity contribution < 1.29 is 14.3 Å². The zero-order chi connectivity index (χ0) is 28.6. The number of fused-ring (bicyclic) bond motifs is 2. The summed E-state index contributed by atoms with van der Waals surface area (Å²) in [5, 5.41) is 10.8. The highest BCUT2D eigenvalue weighted by Gasteiger charge is 2.30. The first kappa shape index (κ1) is 26.2. The lowest BCUT2D eigenvalue weighted by molar-refractivity contribution is 0.0293. The number of carbonyl (C=O) groups is 1. The first-order chi connectivity index (χ1) is 19.7. The molecular weight excluding hydrogens is 524 g/mol. The molecule has 0 spiro atoms. The molecule has 1 aliphatic rings. The molecule has 1 amide bonds. The summed E-state index contributed by atoms with van der Waals surface area (Å²) in [6, 6.07) is 9.46. The molecule has 210 valence electrons. The third kappa shape index (κ3) is 5.93. The highest BCUT2D eigenvalue weighted by atomic mass is 16.6. The van der Waals surface area contributed by atoms with Crippen LogP contribution in [-0.2, 0) is 4.74 Å². The van der Waals surface area contributed by atoms with Gasteiger partial charge in [-0.2, -0.15) is 5.10 Å². The van der Waals surface area contributed by atoms with Crippen LogP contribution in [0.4, 0.5) is 22.2 Å². The van der Waals surface area contributed by atoms with Gasteiger partial charge in [-0.05, 0) is 63.9 Å². The normalized spacial score (nSPS) is 15.3. The molecule has 1 saturated heterocycles. The first-order valence-electron chi connectivity index (χ1n) is 13.3. The summed E-state index contributed by atoms with van der Waals surface area (Å²) in [6.07, 6.45) is 6.88. The number of aromatic nitrogens is 7. The van der Waals surface area contributed by atoms with Gasteiger partial charge in [0, 0.05) is 37.1 Å². The summed E-state index contributed by atoms with van der Waals surface area (Å²) in [6.45, 7) is 8.66. The Morgan fingerprint density at radius 1 is 1.07 bits per heavy atom. The van der Waals surface area contributed by atoms with Crippen LogP contribution in [0.3, 0.4) is 0 Å². The van der Waals surface area contributed by atoms with Gasteiger partial charge in [0.2, 0.25) is 5.95 Å². The molecule has 0 saturated carbocycles. The van der Waals surface area contributed by atoms with E-state index in [1.807, 2.05) is 58.0 Å². The zero-order valence-electron chi connectivity index (χ0n) is 23.2. The summed E-state index contributed by atoms with van der Waals surface area (Å²) in [7, 11) is 0. The molecule has 1 atom stereocenters. The second-order valence-corrected chi connectivity index (χ2v) is 10.8. The fourth-order valence-electron chi connectivity index (χ4n) is 4.53. The Balaban J connectivity index is 1.15. The monoisotopic (exact) mass is 554 g/mol. The Kier molecular flexibility index (Phi) is 6.69. The molecule has 41 heavy (non-hydrogen) atoms. The zero-order valence-corrected chi connectivity index (χ0v) is 23.2. The van der Waals surface area contributed by atoms with E-state index < -0.39 is 5.60 Å². The minimum absolute atomic E-state index is 0.00154. The molecule has 13 heteroatoms. The van der Waals surface area contributed by atoms with Crippen LogP contribution in [-0.4, -0.2) is 70.3 Å². The maximum absolute atomic E-state index is 12.4. The van der Waals surface area contributed by atoms with E-state index in [-0.39, 0.29) is 12.1 Å². The SMILES string of the molecule is Cc1cc(Nc2ncnc3cnc(N[C@@H]4CCN(C(=O)OC(C)(C)C)C4)nc23)ccc1Oc1ccn2ncnc2c1. The Labute approximate surface area is 236 Å². The number of nitrogens with one attached hydrogen (secondary N) is 2. The van der Waals surface area contributed by atoms with Crippen molar-refractivity contribution in [3.63, 3.8) is 0 Å². The molecule has 6 rings (SSSR count). The molecule has 4 aromatic heterocycles. The van der Waals surface area contributed by atoms with Crippen LogP contribution in [0.5, 0.6) is 11.5 Å². The lowest BCUT2D eigenvalue weighted by Gasteiger charge is -2.24. The highest BCUT2D eigenvalue weighted by molar-refractivity contribution is 5.87. The number of likely N-dealkylation sites (tertiary alicyclic amines) is 1. The van der Waals surface area contributed by atoms with Crippen LogP contribution in [0.25, 0.3) is 16.7 Å². The Morgan fingerprint density at radius 3 is 2.78 bits per heavy atom. The number of hydrogen-bond donors (Lipinski definition) is 2. The smallest absolute Gasteiger partial charge is 0.410 e. The van der Waals surface area contributed by atoms with Crippen molar-refractivity contribution in [1.82, 2.24) is 39.4 Å². The number of pyridine rings is 1. The van der Waals surface area contributed by atoms with Gasteiger partial charge >= 0.3 is 6.09 Å². The molecule has 2 N–H and O–H groups in total. The molecule has 5 heterocycles. The lowest BCUT2D eigenvalue weighted by atomic mass is 10.2. The largest absolute Gasteiger partial charge is 0.457 e. The Bertz CT molecular complexity index is 1730. The van der Waals surface area contributed by atoms with Crippen LogP contribution in [0.1, 0.15) is 32.8 Å². The Morgan fingerprint density at radius 2 is 1.95 bits per heavy atom. The molecule has 0 aliphatic carbocycles. The molecule has 1 fully saturated rings. The van der Waals surface area contributed by atoms with Gasteiger partial charge in [-0.25, -0.2) is 34.2 Å². The van der Waals surface area contributed by atoms with Crippen LogP contribution < -0.4 is 15.4 Å². The number of ether oxygens (including phenoxy) is 2. The van der Waals surface area contributed by atoms with E-state index in [9.17, 15) is 4.79 Å². The molecule has 0 bridgehead atoms. The average molecular weight is 555 g/mol. The quantitative estimate of drug-likeness (QED) is 0.300. The number of aryl methyl sites for hydroxylation is 1. The minimum atomic E-state index is -0.535. The molecule has 13 nitrogen and oxygen atoms in total. The van der Waals surface area contributed by atoms with Crippen molar-refractivity contribution in [2.45, 2.75) is 45.8 Å². The van der Waals surface area contributed by atoms with E-state index in [1.54, 1.807) is 21.8 Å². The van der Waals surface area contributed by atoms with Crippen LogP contribution in [0, 0.1) is 6.92 Å². The fourth-order valence-corrected chi connectivity index (χ4v) is 4.53. The van der Waals surface area contributed by atoms with Gasteiger partial charge in [0.05, 0.1) is 6.20 Å². The predicted octanol–water partition coefficient (Wildman–Crippen LogP) is 4.73. The number of anilines is 3. The van der Waals surface area contributed by atoms with Gasteiger partial charge in [0.15, 0.2) is 11.5 Å². The molecule has 0 radical (unpaired) electrons. The lowest BCUT2D eigenvalue weighted by Crippen LogP contribution is -2.36. The van der Waals surface area contributed by atoms with E-state index >= 15 is 0 Å². The highest BCUT2D eigenvalue weighted by Crippen LogP contribution is 2.30. The van der Waals surface area contributed by atoms with Gasteiger partial charge in [-0.1, -0.05) is 0 Å². The summed E-state index contributed by atoms with van der Waals surface area (Å²) in [5.41, 5.74) is 3.11. The van der Waals surface area contributed by atoms with Crippen molar-refractivity contribution in [2.24, 2.45) is 0 Å². The van der Waals surface area contributed by atoms with Crippen molar-refractivity contribution in [3.8, 4) is 11.5 Å². The van der Waals surface area contributed by atoms with Crippen molar-refractivity contribution in [1.29, 1.82) is 0 Å². The van der Waals surface area contributed by atoms with E-state index in [4.69, 9.17) is 14.5 Å². The van der Waals surface area contributed by atoms with Crippen molar-refractivity contribution in [3.05, 3.63) is 60.9 Å². The van der Waals surface area contributed by atoms with E-state index in [1.165, 1.54) is 12.7 Å². The molecular formula is C28H30N10O3. The summed E-state index contributed by atoms with van der Waals surface area (Å²) in [5.74, 6) is 2.38. The fraction of sp³-hybridized carbons (Fsp3) is 0.321. The van der Waals surface area contributed by atoms with Gasteiger partial charge in [-0.15, -0.1) is 0 Å². The number of benzene rings is 1. The number of amides is 1. The van der Waals surface area contributed by atoms with Gasteiger partial charge in [0.1, 0.15) is 40.8 Å². The second kappa shape index (κ2) is 10.5. The number of carbonyl (C=O) groups excluding carboxylic acids is 1. The maximum Gasteiger partial charge on any atom is 0.410 e. The maximum atomic E-state index is 12.4. The number of rotatable bonds is 6. The van der Waals surface area contributed by atoms with Gasteiger partial charge in [-0.3, -0.25) is 0 Å². The van der Waals surface area contributed by atoms with Crippen molar-refractivity contribution >= 4 is 40.2 Å². The van der Waals surface area contributed by atoms with Crippen LogP contribution >= 0.6 is 0 Å². The summed E-state index contributed by atoms with van der Waals surface area (Å²) >= 11 is 0. The second-order valence-electron chi connectivity index (χ2n) is 10.8. The number of hydrogen-bond acceptors (Lipinski definition) is 11.